The second kappa shape index (κ2) is 5.58. The molecule has 0 amide bonds. The van der Waals surface area contributed by atoms with Crippen molar-refractivity contribution >= 4 is 46.0 Å². The third-order valence-electron chi connectivity index (χ3n) is 3.17. The lowest BCUT2D eigenvalue weighted by atomic mass is 10.3. The Bertz CT molecular complexity index is 785. The number of hydrogen-bond acceptors (Lipinski definition) is 5. The largest absolute Gasteiger partial charge is 0.332 e. The maximum absolute atomic E-state index is 5.35. The molecule has 2 heterocycles. The number of hydrazine groups is 3. The molecule has 0 saturated carbocycles. The van der Waals surface area contributed by atoms with Crippen molar-refractivity contribution in [1.82, 2.24) is 25.5 Å². The third-order valence-corrected chi connectivity index (χ3v) is 4.24. The lowest BCUT2D eigenvalue weighted by Crippen LogP contribution is -2.37. The molecule has 110 valence electrons. The van der Waals surface area contributed by atoms with Gasteiger partial charge in [0.2, 0.25) is 5.11 Å². The van der Waals surface area contributed by atoms with Crippen LogP contribution in [0.25, 0.3) is 11.0 Å². The second-order valence-electron chi connectivity index (χ2n) is 4.61. The molecule has 8 heteroatoms. The van der Waals surface area contributed by atoms with Crippen LogP contribution in [-0.2, 0) is 0 Å². The fourth-order valence-corrected chi connectivity index (χ4v) is 3.28. The van der Waals surface area contributed by atoms with Crippen LogP contribution in [0.1, 0.15) is 0 Å². The molecule has 3 N–H and O–H groups in total. The normalized spacial score (nSPS) is 15.5. The molecule has 3 aromatic rings. The highest BCUT2D eigenvalue weighted by Crippen LogP contribution is 2.27. The van der Waals surface area contributed by atoms with E-state index in [-0.39, 0.29) is 0 Å². The Morgan fingerprint density at radius 3 is 2.59 bits per heavy atom. The molecule has 1 saturated heterocycles. The second-order valence-corrected chi connectivity index (χ2v) is 5.91. The Balaban J connectivity index is 1.62. The molecule has 22 heavy (non-hydrogen) atoms. The number of thiocarbonyl (C=S) groups is 1. The lowest BCUT2D eigenvalue weighted by Gasteiger charge is -2.23. The fourth-order valence-electron chi connectivity index (χ4n) is 2.19. The highest BCUT2D eigenvalue weighted by Gasteiger charge is 2.29. The van der Waals surface area contributed by atoms with Crippen LogP contribution < -0.4 is 16.0 Å². The molecular formula is C14H12N6S2. The number of aromatic amines is 1. The zero-order valence-electron chi connectivity index (χ0n) is 11.4. The zero-order chi connectivity index (χ0) is 14.9. The van der Waals surface area contributed by atoms with E-state index in [1.54, 1.807) is 4.52 Å². The molecule has 1 fully saturated rings. The van der Waals surface area contributed by atoms with Crippen molar-refractivity contribution in [1.29, 1.82) is 0 Å². The van der Waals surface area contributed by atoms with E-state index in [0.29, 0.717) is 5.11 Å². The monoisotopic (exact) mass is 328 g/mol. The standard InChI is InChI=1S/C14H12N6S2/c21-14-17-18-20(19(14)10-6-2-1-3-7-10)22-13-15-11-8-4-5-9-12(11)16-13/h1-9,18H,(H,15,16)(H,17,21). The van der Waals surface area contributed by atoms with Gasteiger partial charge in [0.1, 0.15) is 0 Å². The molecule has 1 aliphatic heterocycles. The number of hydrogen-bond donors (Lipinski definition) is 3. The number of anilines is 1. The number of nitrogens with zero attached hydrogens (tertiary/aromatic N) is 3. The summed E-state index contributed by atoms with van der Waals surface area (Å²) in [6.07, 6.45) is 0. The Hall–Kier alpha value is -2.13. The predicted molar refractivity (Wildman–Crippen MR) is 91.6 cm³/mol. The summed E-state index contributed by atoms with van der Waals surface area (Å²) in [4.78, 5) is 7.84. The van der Waals surface area contributed by atoms with Gasteiger partial charge >= 0.3 is 0 Å². The number of rotatable bonds is 3. The number of H-pyrrole nitrogens is 1. The van der Waals surface area contributed by atoms with E-state index in [1.165, 1.54) is 11.9 Å². The first-order valence-corrected chi connectivity index (χ1v) is 7.83. The molecule has 6 nitrogen and oxygen atoms in total. The van der Waals surface area contributed by atoms with E-state index < -0.39 is 0 Å². The minimum atomic E-state index is 0.579. The number of imidazole rings is 1. The van der Waals surface area contributed by atoms with Crippen molar-refractivity contribution in [2.45, 2.75) is 5.16 Å². The molecule has 1 aliphatic rings. The molecule has 0 radical (unpaired) electrons. The van der Waals surface area contributed by atoms with Crippen molar-refractivity contribution in [2.75, 3.05) is 5.01 Å². The number of aromatic nitrogens is 2. The number of para-hydroxylation sites is 3. The van der Waals surface area contributed by atoms with Gasteiger partial charge in [-0.05, 0) is 36.5 Å². The average Bonchev–Trinajstić information content (AvgIpc) is 3.11. The van der Waals surface area contributed by atoms with Gasteiger partial charge in [-0.1, -0.05) is 34.9 Å². The highest BCUT2D eigenvalue weighted by atomic mass is 32.2. The maximum Gasteiger partial charge on any atom is 0.206 e. The summed E-state index contributed by atoms with van der Waals surface area (Å²) < 4.78 is 1.80. The summed E-state index contributed by atoms with van der Waals surface area (Å²) in [6.45, 7) is 0. The minimum absolute atomic E-state index is 0.579. The summed E-state index contributed by atoms with van der Waals surface area (Å²) in [5.41, 5.74) is 8.87. The first kappa shape index (κ1) is 13.5. The quantitative estimate of drug-likeness (QED) is 0.505. The van der Waals surface area contributed by atoms with Gasteiger partial charge in [0, 0.05) is 11.9 Å². The van der Waals surface area contributed by atoms with Gasteiger partial charge in [0.25, 0.3) is 0 Å². The molecule has 0 spiro atoms. The van der Waals surface area contributed by atoms with Gasteiger partial charge in [-0.2, -0.15) is 0 Å². The summed E-state index contributed by atoms with van der Waals surface area (Å²) in [5.74, 6) is 0. The SMILES string of the molecule is S=C1NNN(Sc2nc3ccccc3[nH]2)N1c1ccccc1. The van der Waals surface area contributed by atoms with Crippen LogP contribution in [0, 0.1) is 0 Å². The molecule has 4 rings (SSSR count). The maximum atomic E-state index is 5.35. The zero-order valence-corrected chi connectivity index (χ0v) is 13.0. The van der Waals surface area contributed by atoms with E-state index in [0.717, 1.165) is 21.9 Å². The lowest BCUT2D eigenvalue weighted by molar-refractivity contribution is 0.393. The Kier molecular flexibility index (Phi) is 3.43. The fraction of sp³-hybridized carbons (Fsp3) is 0. The van der Waals surface area contributed by atoms with Crippen molar-refractivity contribution in [2.24, 2.45) is 0 Å². The van der Waals surface area contributed by atoms with Crippen molar-refractivity contribution < 1.29 is 0 Å². The van der Waals surface area contributed by atoms with Crippen LogP contribution in [-0.4, -0.2) is 19.6 Å². The molecule has 0 atom stereocenters. The van der Waals surface area contributed by atoms with Crippen molar-refractivity contribution in [3.8, 4) is 0 Å². The molecule has 0 bridgehead atoms. The minimum Gasteiger partial charge on any atom is -0.332 e. The summed E-state index contributed by atoms with van der Waals surface area (Å²) >= 11 is 6.76. The van der Waals surface area contributed by atoms with Crippen LogP contribution in [0.3, 0.4) is 0 Å². The molecular weight excluding hydrogens is 316 g/mol. The average molecular weight is 328 g/mol. The summed E-state index contributed by atoms with van der Waals surface area (Å²) in [7, 11) is 0. The Morgan fingerprint density at radius 2 is 1.77 bits per heavy atom. The van der Waals surface area contributed by atoms with E-state index >= 15 is 0 Å². The Labute approximate surface area is 136 Å². The highest BCUT2D eigenvalue weighted by molar-refractivity contribution is 7.97. The van der Waals surface area contributed by atoms with E-state index in [4.69, 9.17) is 12.2 Å². The van der Waals surface area contributed by atoms with Crippen LogP contribution in [0.15, 0.2) is 59.8 Å². The summed E-state index contributed by atoms with van der Waals surface area (Å²) in [6, 6.07) is 17.8. The third kappa shape index (κ3) is 2.42. The van der Waals surface area contributed by atoms with Gasteiger partial charge in [0.05, 0.1) is 16.7 Å². The van der Waals surface area contributed by atoms with Crippen LogP contribution in [0.2, 0.25) is 0 Å². The number of fused-ring (bicyclic) bond motifs is 1. The van der Waals surface area contributed by atoms with Crippen molar-refractivity contribution in [3.05, 3.63) is 54.6 Å². The van der Waals surface area contributed by atoms with Crippen molar-refractivity contribution in [3.63, 3.8) is 0 Å². The number of nitrogens with one attached hydrogen (secondary N) is 3. The van der Waals surface area contributed by atoms with Gasteiger partial charge in [0.15, 0.2) is 5.16 Å². The van der Waals surface area contributed by atoms with E-state index in [9.17, 15) is 0 Å². The first-order chi connectivity index (χ1) is 10.8. The molecule has 0 unspecified atom stereocenters. The van der Waals surface area contributed by atoms with Crippen LogP contribution in [0.4, 0.5) is 5.69 Å². The summed E-state index contributed by atoms with van der Waals surface area (Å²) in [5, 5.41) is 3.23. The molecule has 0 aliphatic carbocycles. The van der Waals surface area contributed by atoms with Gasteiger partial charge in [-0.3, -0.25) is 5.43 Å². The smallest absolute Gasteiger partial charge is 0.206 e. The van der Waals surface area contributed by atoms with Gasteiger partial charge < -0.3 is 4.98 Å². The molecule has 1 aromatic heterocycles. The van der Waals surface area contributed by atoms with Crippen LogP contribution in [0.5, 0.6) is 0 Å². The van der Waals surface area contributed by atoms with E-state index in [2.05, 4.69) is 20.9 Å². The first-order valence-electron chi connectivity index (χ1n) is 6.65. The van der Waals surface area contributed by atoms with Gasteiger partial charge in [-0.25, -0.2) is 9.99 Å². The number of benzene rings is 2. The van der Waals surface area contributed by atoms with Crippen LogP contribution >= 0.6 is 24.2 Å². The van der Waals surface area contributed by atoms with E-state index in [1.807, 2.05) is 59.6 Å². The predicted octanol–water partition coefficient (Wildman–Crippen LogP) is 2.60. The topological polar surface area (TPSA) is 59.2 Å². The molecule has 2 aromatic carbocycles. The van der Waals surface area contributed by atoms with Gasteiger partial charge in [-0.15, -0.1) is 5.53 Å². The Morgan fingerprint density at radius 1 is 1.00 bits per heavy atom.